The van der Waals surface area contributed by atoms with Gasteiger partial charge in [0.25, 0.3) is 11.8 Å². The predicted octanol–water partition coefficient (Wildman–Crippen LogP) is 4.65. The zero-order valence-electron chi connectivity index (χ0n) is 46.6. The number of amides is 7. The number of nitrogens with one attached hydrogen (secondary N) is 3. The Kier molecular flexibility index (Phi) is 23.9. The van der Waals surface area contributed by atoms with Crippen LogP contribution in [-0.2, 0) is 60.7 Å². The van der Waals surface area contributed by atoms with E-state index in [1.165, 1.54) is 24.2 Å². The number of guanidine groups is 1. The number of anilines is 1. The minimum atomic E-state index is -0.961. The molecule has 19 heteroatoms. The van der Waals surface area contributed by atoms with Crippen LogP contribution in [0.4, 0.5) is 5.69 Å². The number of imide groups is 1. The lowest BCUT2D eigenvalue weighted by Crippen LogP contribution is -2.55. The van der Waals surface area contributed by atoms with E-state index in [4.69, 9.17) is 19.2 Å². The Hall–Kier alpha value is -6.18. The number of carbonyl (C=O) groups excluding carboxylic acids is 7. The fourth-order valence-corrected chi connectivity index (χ4v) is 10.3. The fraction of sp³-hybridized carbons (Fsp3) is 0.614. The molecule has 3 aliphatic rings. The number of ether oxygens (including phenoxy) is 3. The lowest BCUT2D eigenvalue weighted by molar-refractivity contribution is -0.146. The molecule has 76 heavy (non-hydrogen) atoms. The van der Waals surface area contributed by atoms with Crippen LogP contribution < -0.4 is 16.0 Å². The lowest BCUT2D eigenvalue weighted by atomic mass is 9.89. The molecule has 19 nitrogen and oxygen atoms in total. The molecule has 3 heterocycles. The number of nitrogens with zero attached hydrogens (tertiary/aromatic N) is 6. The number of rotatable bonds is 27. The van der Waals surface area contributed by atoms with Crippen LogP contribution in [0.15, 0.2) is 71.7 Å². The average molecular weight is 1060 g/mol. The van der Waals surface area contributed by atoms with E-state index in [0.717, 1.165) is 23.5 Å². The number of hydrogen-bond acceptors (Lipinski definition) is 11. The summed E-state index contributed by atoms with van der Waals surface area (Å²) in [6.45, 7) is 13.5. The first kappa shape index (κ1) is 60.7. The molecule has 3 aliphatic heterocycles. The molecule has 0 spiro atoms. The first-order valence-corrected chi connectivity index (χ1v) is 27.1. The van der Waals surface area contributed by atoms with Crippen LogP contribution >= 0.6 is 0 Å². The molecular weight excluding hydrogens is 971 g/mol. The van der Waals surface area contributed by atoms with Gasteiger partial charge in [0.2, 0.25) is 29.5 Å². The van der Waals surface area contributed by atoms with Crippen molar-refractivity contribution in [3.63, 3.8) is 0 Å². The minimum absolute atomic E-state index is 0.00655. The Balaban J connectivity index is 1.21. The maximum Gasteiger partial charge on any atom is 0.253 e. The average Bonchev–Trinajstić information content (AvgIpc) is 4.03. The van der Waals surface area contributed by atoms with Crippen molar-refractivity contribution in [3.05, 3.63) is 77.9 Å². The summed E-state index contributed by atoms with van der Waals surface area (Å²) in [6.07, 6.45) is 5.71. The van der Waals surface area contributed by atoms with Crippen molar-refractivity contribution in [1.29, 1.82) is 0 Å². The van der Waals surface area contributed by atoms with Crippen LogP contribution in [0.25, 0.3) is 0 Å². The first-order valence-electron chi connectivity index (χ1n) is 27.1. The number of morpholine rings is 1. The Morgan fingerprint density at radius 1 is 0.829 bits per heavy atom. The first-order chi connectivity index (χ1) is 36.4. The van der Waals surface area contributed by atoms with Gasteiger partial charge in [0.1, 0.15) is 12.1 Å². The van der Waals surface area contributed by atoms with E-state index < -0.39 is 54.1 Å². The van der Waals surface area contributed by atoms with Crippen LogP contribution in [0.5, 0.6) is 0 Å². The molecule has 2 saturated heterocycles. The third-order valence-electron chi connectivity index (χ3n) is 14.9. The third kappa shape index (κ3) is 16.9. The standard InChI is InChI=1S/C57H85N9O10/c1-11-39(4)52(63(8)56(73)51(38(2)3)61-57(62(6)7)64-31-33-76-34-32-64)46(74-9)36-50(70)65-30-18-21-45(65)53(75-10)40(5)54(71)60-44(35-41-19-14-12-15-20-41)55(72)59-43-25-23-42(24-26-43)37-58-47(67)22-16-13-17-29-66-48(68)27-28-49(66)69/h12,14-15,19-20,23-28,38-40,44-46,51-53H,11,13,16-18,21-22,29-37H2,1-10H3,(H,58,67)(H,59,72)(H,60,71)/b61-57+/t39-,40+,44-,45-,46+,51-,52-,53+/m0/s1. The molecule has 3 N–H and O–H groups in total. The Bertz CT molecular complexity index is 2290. The topological polar surface area (TPSA) is 212 Å². The molecule has 0 aliphatic carbocycles. The van der Waals surface area contributed by atoms with Crippen molar-refractivity contribution in [3.8, 4) is 0 Å². The number of unbranched alkanes of at least 4 members (excludes halogenated alkanes) is 2. The molecule has 0 saturated carbocycles. The van der Waals surface area contributed by atoms with Gasteiger partial charge in [-0.1, -0.05) is 89.9 Å². The van der Waals surface area contributed by atoms with E-state index in [2.05, 4.69) is 34.7 Å². The van der Waals surface area contributed by atoms with Gasteiger partial charge in [-0.3, -0.25) is 38.5 Å². The van der Waals surface area contributed by atoms with E-state index in [9.17, 15) is 33.6 Å². The highest BCUT2D eigenvalue weighted by molar-refractivity contribution is 6.12. The Labute approximate surface area is 450 Å². The molecule has 0 radical (unpaired) electrons. The third-order valence-corrected chi connectivity index (χ3v) is 14.9. The maximum absolute atomic E-state index is 14.6. The number of benzene rings is 2. The fourth-order valence-electron chi connectivity index (χ4n) is 10.3. The SMILES string of the molecule is CC[C@H](C)[C@@H]([C@@H](CC(=O)N1CCC[C@H]1[C@H](OC)[C@@H](C)C(=O)N[C@@H](Cc1ccccc1)C(=O)Nc1ccc(CNC(=O)CCCCCN2C(=O)C=CC2=O)cc1)OC)N(C)C(=O)[C@@H](/N=C(\N(C)C)N1CCOCC1)C(C)C. The van der Waals surface area contributed by atoms with Crippen molar-refractivity contribution >= 4 is 53.0 Å². The van der Waals surface area contributed by atoms with Crippen LogP contribution in [0.1, 0.15) is 97.1 Å². The number of likely N-dealkylation sites (N-methyl/N-ethyl adjacent to an activating group) is 1. The highest BCUT2D eigenvalue weighted by Gasteiger charge is 2.43. The Morgan fingerprint density at radius 2 is 1.50 bits per heavy atom. The van der Waals surface area contributed by atoms with Crippen LogP contribution in [0, 0.1) is 17.8 Å². The number of methoxy groups -OCH3 is 2. The van der Waals surface area contributed by atoms with Gasteiger partial charge in [0, 0.05) is 98.8 Å². The molecule has 0 bridgehead atoms. The molecule has 7 amide bonds. The largest absolute Gasteiger partial charge is 0.379 e. The van der Waals surface area contributed by atoms with E-state index in [1.54, 1.807) is 43.0 Å². The summed E-state index contributed by atoms with van der Waals surface area (Å²) in [5.41, 5.74) is 2.19. The van der Waals surface area contributed by atoms with Gasteiger partial charge in [-0.15, -0.1) is 0 Å². The quantitative estimate of drug-likeness (QED) is 0.0484. The van der Waals surface area contributed by atoms with E-state index >= 15 is 0 Å². The van der Waals surface area contributed by atoms with Crippen molar-refractivity contribution in [1.82, 2.24) is 35.1 Å². The van der Waals surface area contributed by atoms with Gasteiger partial charge >= 0.3 is 0 Å². The second-order valence-electron chi connectivity index (χ2n) is 20.9. The number of aliphatic imine (C=N–C) groups is 1. The van der Waals surface area contributed by atoms with Crippen molar-refractivity contribution in [2.45, 2.75) is 135 Å². The zero-order chi connectivity index (χ0) is 55.5. The molecule has 2 fully saturated rings. The number of carbonyl (C=O) groups is 7. The van der Waals surface area contributed by atoms with E-state index in [1.807, 2.05) is 75.3 Å². The lowest BCUT2D eigenvalue weighted by Gasteiger charge is -2.40. The van der Waals surface area contributed by atoms with E-state index in [0.29, 0.717) is 83.6 Å². The van der Waals surface area contributed by atoms with Crippen molar-refractivity contribution < 1.29 is 47.8 Å². The second-order valence-corrected chi connectivity index (χ2v) is 20.9. The smallest absolute Gasteiger partial charge is 0.253 e. The van der Waals surface area contributed by atoms with Crippen molar-refractivity contribution in [2.24, 2.45) is 22.7 Å². The molecule has 2 aromatic carbocycles. The van der Waals surface area contributed by atoms with Crippen molar-refractivity contribution in [2.75, 3.05) is 80.1 Å². The molecular formula is C57H85N9O10. The zero-order valence-corrected chi connectivity index (χ0v) is 46.6. The van der Waals surface area contributed by atoms with Gasteiger partial charge in [0.05, 0.1) is 49.8 Å². The summed E-state index contributed by atoms with van der Waals surface area (Å²) < 4.78 is 17.8. The highest BCUT2D eigenvalue weighted by Crippen LogP contribution is 2.30. The molecule has 0 aromatic heterocycles. The van der Waals surface area contributed by atoms with Crippen LogP contribution in [0.3, 0.4) is 0 Å². The Morgan fingerprint density at radius 3 is 2.11 bits per heavy atom. The molecule has 0 unspecified atom stereocenters. The molecule has 418 valence electrons. The van der Waals surface area contributed by atoms with Gasteiger partial charge in [-0.25, -0.2) is 4.99 Å². The summed E-state index contributed by atoms with van der Waals surface area (Å²) in [7, 11) is 8.77. The molecule has 8 atom stereocenters. The predicted molar refractivity (Wildman–Crippen MR) is 292 cm³/mol. The highest BCUT2D eigenvalue weighted by atomic mass is 16.5. The maximum atomic E-state index is 14.6. The number of hydrogen-bond donors (Lipinski definition) is 3. The summed E-state index contributed by atoms with van der Waals surface area (Å²) in [5, 5.41) is 8.88. The monoisotopic (exact) mass is 1060 g/mol. The second kappa shape index (κ2) is 29.9. The molecule has 5 rings (SSSR count). The van der Waals surface area contributed by atoms with Crippen LogP contribution in [-0.4, -0.2) is 183 Å². The van der Waals surface area contributed by atoms with E-state index in [-0.39, 0.29) is 60.8 Å². The summed E-state index contributed by atoms with van der Waals surface area (Å²) in [6, 6.07) is 14.0. The summed E-state index contributed by atoms with van der Waals surface area (Å²) in [4.78, 5) is 108. The molecule has 2 aromatic rings. The van der Waals surface area contributed by atoms with Gasteiger partial charge < -0.3 is 49.8 Å². The summed E-state index contributed by atoms with van der Waals surface area (Å²) in [5.74, 6) is -2.03. The van der Waals surface area contributed by atoms with Gasteiger partial charge in [-0.05, 0) is 60.8 Å². The van der Waals surface area contributed by atoms with Gasteiger partial charge in [-0.2, -0.15) is 0 Å². The summed E-state index contributed by atoms with van der Waals surface area (Å²) >= 11 is 0. The van der Waals surface area contributed by atoms with Crippen LogP contribution in [0.2, 0.25) is 0 Å². The van der Waals surface area contributed by atoms with Gasteiger partial charge in [0.15, 0.2) is 5.96 Å². The number of likely N-dealkylation sites (tertiary alicyclic amines) is 1. The normalized spacial score (nSPS) is 18.7. The minimum Gasteiger partial charge on any atom is -0.379 e.